The van der Waals surface area contributed by atoms with Crippen LogP contribution >= 0.6 is 11.8 Å². The van der Waals surface area contributed by atoms with Crippen molar-refractivity contribution in [3.05, 3.63) is 60.2 Å². The second-order valence-corrected chi connectivity index (χ2v) is 5.28. The quantitative estimate of drug-likeness (QED) is 0.679. The van der Waals surface area contributed by atoms with Crippen molar-refractivity contribution in [1.82, 2.24) is 15.2 Å². The van der Waals surface area contributed by atoms with Crippen molar-refractivity contribution in [2.75, 3.05) is 6.26 Å². The molecule has 1 heterocycles. The summed E-state index contributed by atoms with van der Waals surface area (Å²) in [5, 5.41) is 8.75. The van der Waals surface area contributed by atoms with Crippen LogP contribution in [-0.4, -0.2) is 21.4 Å². The molecule has 0 bridgehead atoms. The summed E-state index contributed by atoms with van der Waals surface area (Å²) < 4.78 is 26.2. The predicted octanol–water partition coefficient (Wildman–Crippen LogP) is 4.21. The molecule has 0 aliphatic rings. The molecule has 0 spiro atoms. The highest BCUT2D eigenvalue weighted by Gasteiger charge is 2.13. The van der Waals surface area contributed by atoms with Crippen LogP contribution in [0, 0.1) is 11.6 Å². The van der Waals surface area contributed by atoms with Crippen molar-refractivity contribution < 1.29 is 8.78 Å². The van der Waals surface area contributed by atoms with Crippen molar-refractivity contribution in [2.45, 2.75) is 5.16 Å². The van der Waals surface area contributed by atoms with Crippen LogP contribution in [0.4, 0.5) is 8.78 Å². The minimum absolute atomic E-state index is 0.320. The largest absolute Gasteiger partial charge is 0.219 e. The summed E-state index contributed by atoms with van der Waals surface area (Å²) in [5.41, 5.74) is 2.55. The standard InChI is InChI=1S/C16H11F2N3S/c1-22-16-19-14(10-2-6-12(17)7-3-10)15(20-21-16)11-4-8-13(18)9-5-11/h2-9H,1H3. The monoisotopic (exact) mass is 315 g/mol. The van der Waals surface area contributed by atoms with E-state index in [1.165, 1.54) is 36.0 Å². The number of thioether (sulfide) groups is 1. The molecule has 0 aliphatic heterocycles. The molecule has 3 rings (SSSR count). The fraction of sp³-hybridized carbons (Fsp3) is 0.0625. The van der Waals surface area contributed by atoms with Gasteiger partial charge >= 0.3 is 0 Å². The Bertz CT molecular complexity index is 789. The first-order chi connectivity index (χ1) is 10.7. The van der Waals surface area contributed by atoms with Gasteiger partial charge in [0.25, 0.3) is 0 Å². The number of hydrogen-bond donors (Lipinski definition) is 0. The zero-order chi connectivity index (χ0) is 15.5. The second-order valence-electron chi connectivity index (χ2n) is 4.51. The van der Waals surface area contributed by atoms with Crippen LogP contribution in [-0.2, 0) is 0 Å². The third-order valence-corrected chi connectivity index (χ3v) is 3.62. The molecule has 3 aromatic rings. The summed E-state index contributed by atoms with van der Waals surface area (Å²) in [4.78, 5) is 4.46. The van der Waals surface area contributed by atoms with Gasteiger partial charge in [0.05, 0.1) is 0 Å². The lowest BCUT2D eigenvalue weighted by Crippen LogP contribution is -1.99. The Morgan fingerprint density at radius 2 is 1.23 bits per heavy atom. The Hall–Kier alpha value is -2.34. The van der Waals surface area contributed by atoms with Crippen molar-refractivity contribution in [1.29, 1.82) is 0 Å². The van der Waals surface area contributed by atoms with E-state index in [-0.39, 0.29) is 11.6 Å². The maximum Gasteiger partial charge on any atom is 0.209 e. The third kappa shape index (κ3) is 2.96. The van der Waals surface area contributed by atoms with Gasteiger partial charge in [0.1, 0.15) is 23.0 Å². The van der Waals surface area contributed by atoms with Crippen LogP contribution in [0.25, 0.3) is 22.5 Å². The van der Waals surface area contributed by atoms with E-state index in [1.54, 1.807) is 24.3 Å². The molecule has 3 nitrogen and oxygen atoms in total. The summed E-state index contributed by atoms with van der Waals surface area (Å²) in [6.07, 6.45) is 1.85. The molecule has 0 saturated heterocycles. The molecule has 22 heavy (non-hydrogen) atoms. The van der Waals surface area contributed by atoms with Gasteiger partial charge in [-0.05, 0) is 54.8 Å². The highest BCUT2D eigenvalue weighted by Crippen LogP contribution is 2.29. The maximum absolute atomic E-state index is 13.1. The minimum atomic E-state index is -0.325. The fourth-order valence-electron chi connectivity index (χ4n) is 2.01. The molecule has 6 heteroatoms. The zero-order valence-corrected chi connectivity index (χ0v) is 12.4. The van der Waals surface area contributed by atoms with E-state index >= 15 is 0 Å². The van der Waals surface area contributed by atoms with Crippen LogP contribution in [0.15, 0.2) is 53.7 Å². The van der Waals surface area contributed by atoms with Gasteiger partial charge in [0.2, 0.25) is 5.16 Å². The second kappa shape index (κ2) is 6.19. The third-order valence-electron chi connectivity index (χ3n) is 3.09. The lowest BCUT2D eigenvalue weighted by molar-refractivity contribution is 0.627. The molecule has 1 aromatic heterocycles. The number of nitrogens with zero attached hydrogens (tertiary/aromatic N) is 3. The van der Waals surface area contributed by atoms with Crippen LogP contribution in [0.3, 0.4) is 0 Å². The number of halogens is 2. The Morgan fingerprint density at radius 1 is 0.727 bits per heavy atom. The minimum Gasteiger partial charge on any atom is -0.219 e. The Morgan fingerprint density at radius 3 is 1.73 bits per heavy atom. The SMILES string of the molecule is CSc1nnc(-c2ccc(F)cc2)c(-c2ccc(F)cc2)n1. The predicted molar refractivity (Wildman–Crippen MR) is 82.4 cm³/mol. The van der Waals surface area contributed by atoms with E-state index in [4.69, 9.17) is 0 Å². The van der Waals surface area contributed by atoms with Crippen LogP contribution in [0.2, 0.25) is 0 Å². The van der Waals surface area contributed by atoms with E-state index < -0.39 is 0 Å². The van der Waals surface area contributed by atoms with Gasteiger partial charge in [0.15, 0.2) is 0 Å². The molecule has 0 aliphatic carbocycles. The van der Waals surface area contributed by atoms with Gasteiger partial charge in [-0.2, -0.15) is 0 Å². The van der Waals surface area contributed by atoms with E-state index in [0.717, 1.165) is 5.56 Å². The molecular formula is C16H11F2N3S. The van der Waals surface area contributed by atoms with E-state index in [2.05, 4.69) is 15.2 Å². The summed E-state index contributed by atoms with van der Waals surface area (Å²) in [6, 6.07) is 11.9. The first-order valence-electron chi connectivity index (χ1n) is 6.48. The lowest BCUT2D eigenvalue weighted by atomic mass is 10.0. The highest BCUT2D eigenvalue weighted by atomic mass is 32.2. The molecular weight excluding hydrogens is 304 g/mol. The average molecular weight is 315 g/mol. The number of aromatic nitrogens is 3. The first-order valence-corrected chi connectivity index (χ1v) is 7.70. The van der Waals surface area contributed by atoms with Crippen LogP contribution < -0.4 is 0 Å². The van der Waals surface area contributed by atoms with Crippen molar-refractivity contribution in [3.63, 3.8) is 0 Å². The molecule has 0 atom stereocenters. The van der Waals surface area contributed by atoms with Crippen molar-refractivity contribution >= 4 is 11.8 Å². The van der Waals surface area contributed by atoms with Crippen LogP contribution in [0.5, 0.6) is 0 Å². The molecule has 0 N–H and O–H groups in total. The van der Waals surface area contributed by atoms with E-state index in [1.807, 2.05) is 6.26 Å². The highest BCUT2D eigenvalue weighted by molar-refractivity contribution is 7.98. The smallest absolute Gasteiger partial charge is 0.209 e. The topological polar surface area (TPSA) is 38.7 Å². The number of hydrogen-bond acceptors (Lipinski definition) is 4. The Labute approximate surface area is 130 Å². The number of rotatable bonds is 3. The normalized spacial score (nSPS) is 10.7. The molecule has 0 unspecified atom stereocenters. The Kier molecular flexibility index (Phi) is 4.11. The Balaban J connectivity index is 2.17. The van der Waals surface area contributed by atoms with Gasteiger partial charge in [-0.1, -0.05) is 11.8 Å². The summed E-state index contributed by atoms with van der Waals surface area (Å²) in [6.45, 7) is 0. The van der Waals surface area contributed by atoms with Gasteiger partial charge in [-0.15, -0.1) is 10.2 Å². The van der Waals surface area contributed by atoms with E-state index in [0.29, 0.717) is 22.1 Å². The molecule has 0 amide bonds. The van der Waals surface area contributed by atoms with Gasteiger partial charge in [-0.25, -0.2) is 13.8 Å². The molecule has 0 saturated carbocycles. The molecule has 0 fully saturated rings. The lowest BCUT2D eigenvalue weighted by Gasteiger charge is -2.08. The summed E-state index contributed by atoms with van der Waals surface area (Å²) in [5.74, 6) is -0.645. The maximum atomic E-state index is 13.1. The summed E-state index contributed by atoms with van der Waals surface area (Å²) >= 11 is 1.37. The zero-order valence-electron chi connectivity index (χ0n) is 11.6. The van der Waals surface area contributed by atoms with Crippen molar-refractivity contribution in [3.8, 4) is 22.5 Å². The first kappa shape index (κ1) is 14.6. The summed E-state index contributed by atoms with van der Waals surface area (Å²) in [7, 11) is 0. The van der Waals surface area contributed by atoms with Gasteiger partial charge in [-0.3, -0.25) is 0 Å². The number of benzene rings is 2. The van der Waals surface area contributed by atoms with E-state index in [9.17, 15) is 8.78 Å². The van der Waals surface area contributed by atoms with Crippen LogP contribution in [0.1, 0.15) is 0 Å². The average Bonchev–Trinajstić information content (AvgIpc) is 2.56. The van der Waals surface area contributed by atoms with Gasteiger partial charge < -0.3 is 0 Å². The molecule has 2 aromatic carbocycles. The molecule has 110 valence electrons. The van der Waals surface area contributed by atoms with Crippen molar-refractivity contribution in [2.24, 2.45) is 0 Å². The molecule has 0 radical (unpaired) electrons. The van der Waals surface area contributed by atoms with Gasteiger partial charge in [0, 0.05) is 11.1 Å². The fourth-order valence-corrected chi connectivity index (χ4v) is 2.31.